The van der Waals surface area contributed by atoms with Crippen LogP contribution >= 0.6 is 11.6 Å². The summed E-state index contributed by atoms with van der Waals surface area (Å²) in [5, 5.41) is 1.19. The molecule has 2 saturated heterocycles. The fourth-order valence-corrected chi connectivity index (χ4v) is 6.53. The number of aromatic nitrogens is 3. The maximum absolute atomic E-state index is 16.7. The number of piperazine rings is 1. The first-order chi connectivity index (χ1) is 22.4. The number of amides is 1. The normalized spacial score (nSPS) is 18.9. The Hall–Kier alpha value is -4.34. The Kier molecular flexibility index (Phi) is 9.05. The van der Waals surface area contributed by atoms with Crippen LogP contribution < -0.4 is 9.64 Å². The Labute approximate surface area is 277 Å². The van der Waals surface area contributed by atoms with Crippen LogP contribution in [0.5, 0.6) is 6.01 Å². The molecule has 0 aliphatic carbocycles. The van der Waals surface area contributed by atoms with Crippen molar-refractivity contribution in [2.75, 3.05) is 51.3 Å². The summed E-state index contributed by atoms with van der Waals surface area (Å²) in [5.41, 5.74) is -0.428. The van der Waals surface area contributed by atoms with Gasteiger partial charge >= 0.3 is 12.1 Å². The average Bonchev–Trinajstić information content (AvgIpc) is 3.45. The first kappa shape index (κ1) is 32.6. The zero-order chi connectivity index (χ0) is 33.5. The van der Waals surface area contributed by atoms with Crippen molar-refractivity contribution < 1.29 is 23.0 Å². The van der Waals surface area contributed by atoms with Crippen molar-refractivity contribution in [1.82, 2.24) is 24.8 Å². The van der Waals surface area contributed by atoms with Gasteiger partial charge in [0.15, 0.2) is 5.82 Å². The van der Waals surface area contributed by atoms with Crippen molar-refractivity contribution in [3.05, 3.63) is 64.6 Å². The molecule has 10 nitrogen and oxygen atoms in total. The summed E-state index contributed by atoms with van der Waals surface area (Å²) in [5.74, 6) is -0.972. The molecule has 0 spiro atoms. The summed E-state index contributed by atoms with van der Waals surface area (Å²) >= 11 is 6.39. The quantitative estimate of drug-likeness (QED) is 0.214. The van der Waals surface area contributed by atoms with E-state index in [0.29, 0.717) is 40.7 Å². The highest BCUT2D eigenvalue weighted by atomic mass is 35.5. The van der Waals surface area contributed by atoms with Crippen molar-refractivity contribution in [2.45, 2.75) is 51.3 Å². The molecule has 0 N–H and O–H groups in total. The van der Waals surface area contributed by atoms with Crippen molar-refractivity contribution in [2.24, 2.45) is 0 Å². The second-order valence-electron chi connectivity index (χ2n) is 13.0. The SMILES string of the molecule is [C-]#[N+]C[C@H]1CN(c2nc(OC[C@@H]3CCCN3C)nc3c(F)c(-c4cccc5ccc(F)c(Cl)c45)ncc23)CCN1C(=O)OC(C)(C)C. The highest BCUT2D eigenvalue weighted by Crippen LogP contribution is 2.38. The number of rotatable bonds is 6. The van der Waals surface area contributed by atoms with Gasteiger partial charge in [0.25, 0.3) is 0 Å². The molecule has 0 radical (unpaired) electrons. The van der Waals surface area contributed by atoms with Crippen LogP contribution in [0.1, 0.15) is 33.6 Å². The van der Waals surface area contributed by atoms with E-state index in [0.717, 1.165) is 19.4 Å². The van der Waals surface area contributed by atoms with Gasteiger partial charge in [-0.3, -0.25) is 9.88 Å². The third kappa shape index (κ3) is 6.60. The van der Waals surface area contributed by atoms with Gasteiger partial charge < -0.3 is 24.1 Å². The van der Waals surface area contributed by atoms with E-state index in [1.165, 1.54) is 12.3 Å². The number of anilines is 1. The molecule has 0 saturated carbocycles. The zero-order valence-corrected chi connectivity index (χ0v) is 27.5. The first-order valence-corrected chi connectivity index (χ1v) is 16.0. The Balaban J connectivity index is 1.43. The van der Waals surface area contributed by atoms with Crippen LogP contribution in [0.4, 0.5) is 19.4 Å². The number of carbonyl (C=O) groups is 1. The number of hydrogen-bond donors (Lipinski definition) is 0. The molecule has 13 heteroatoms. The van der Waals surface area contributed by atoms with Crippen LogP contribution in [-0.2, 0) is 4.74 Å². The van der Waals surface area contributed by atoms with E-state index >= 15 is 4.39 Å². The van der Waals surface area contributed by atoms with Crippen molar-refractivity contribution in [3.63, 3.8) is 0 Å². The Morgan fingerprint density at radius 2 is 1.94 bits per heavy atom. The number of carbonyl (C=O) groups excluding carboxylic acids is 1. The van der Waals surface area contributed by atoms with Gasteiger partial charge in [0.1, 0.15) is 41.1 Å². The summed E-state index contributed by atoms with van der Waals surface area (Å²) in [6.45, 7) is 15.1. The van der Waals surface area contributed by atoms with Crippen LogP contribution in [0, 0.1) is 18.2 Å². The first-order valence-electron chi connectivity index (χ1n) is 15.6. The summed E-state index contributed by atoms with van der Waals surface area (Å²) in [7, 11) is 2.03. The lowest BCUT2D eigenvalue weighted by Crippen LogP contribution is -2.57. The number of pyridine rings is 1. The van der Waals surface area contributed by atoms with E-state index in [1.807, 2.05) is 11.9 Å². The largest absolute Gasteiger partial charge is 0.462 e. The lowest BCUT2D eigenvalue weighted by atomic mass is 10.0. The molecule has 2 aliphatic rings. The molecule has 47 heavy (non-hydrogen) atoms. The highest BCUT2D eigenvalue weighted by Gasteiger charge is 2.37. The summed E-state index contributed by atoms with van der Waals surface area (Å²) in [6.07, 6.45) is 3.01. The van der Waals surface area contributed by atoms with Gasteiger partial charge in [0, 0.05) is 42.8 Å². The second kappa shape index (κ2) is 13.0. The maximum Gasteiger partial charge on any atom is 0.410 e. The molecule has 2 atom stereocenters. The summed E-state index contributed by atoms with van der Waals surface area (Å²) in [4.78, 5) is 36.1. The van der Waals surface area contributed by atoms with Crippen LogP contribution in [-0.4, -0.2) is 94.9 Å². The third-order valence-corrected chi connectivity index (χ3v) is 8.99. The topological polar surface area (TPSA) is 88.3 Å². The minimum absolute atomic E-state index is 0.00199. The van der Waals surface area contributed by atoms with Crippen LogP contribution in [0.3, 0.4) is 0 Å². The highest BCUT2D eigenvalue weighted by molar-refractivity contribution is 6.36. The van der Waals surface area contributed by atoms with Crippen molar-refractivity contribution >= 4 is 45.2 Å². The Morgan fingerprint density at radius 1 is 1.13 bits per heavy atom. The minimum atomic E-state index is -0.730. The predicted octanol–water partition coefficient (Wildman–Crippen LogP) is 6.59. The molecule has 0 bridgehead atoms. The lowest BCUT2D eigenvalue weighted by molar-refractivity contribution is 0.0155. The second-order valence-corrected chi connectivity index (χ2v) is 13.4. The third-order valence-electron chi connectivity index (χ3n) is 8.62. The van der Waals surface area contributed by atoms with Gasteiger partial charge in [-0.2, -0.15) is 9.97 Å². The monoisotopic (exact) mass is 663 g/mol. The minimum Gasteiger partial charge on any atom is -0.462 e. The fourth-order valence-electron chi connectivity index (χ4n) is 6.25. The maximum atomic E-state index is 16.7. The number of fused-ring (bicyclic) bond motifs is 2. The summed E-state index contributed by atoms with van der Waals surface area (Å²) < 4.78 is 43.0. The molecule has 2 aromatic carbocycles. The fraction of sp³-hybridized carbons (Fsp3) is 0.441. The molecule has 2 aliphatic heterocycles. The molecule has 6 rings (SSSR count). The van der Waals surface area contributed by atoms with Crippen LogP contribution in [0.2, 0.25) is 5.02 Å². The van der Waals surface area contributed by atoms with E-state index < -0.39 is 29.4 Å². The molecule has 246 valence electrons. The Bertz CT molecular complexity index is 1880. The number of benzene rings is 2. The van der Waals surface area contributed by atoms with Gasteiger partial charge in [-0.15, -0.1) is 0 Å². The van der Waals surface area contributed by atoms with Crippen molar-refractivity contribution in [1.29, 1.82) is 0 Å². The lowest BCUT2D eigenvalue weighted by Gasteiger charge is -2.40. The number of hydrogen-bond acceptors (Lipinski definition) is 8. The molecule has 2 aromatic heterocycles. The predicted molar refractivity (Wildman–Crippen MR) is 177 cm³/mol. The number of nitrogens with zero attached hydrogens (tertiary/aromatic N) is 7. The van der Waals surface area contributed by atoms with Gasteiger partial charge in [-0.1, -0.05) is 35.9 Å². The van der Waals surface area contributed by atoms with E-state index in [9.17, 15) is 9.18 Å². The molecule has 4 heterocycles. The number of likely N-dealkylation sites (tertiary alicyclic amines) is 1. The van der Waals surface area contributed by atoms with E-state index in [2.05, 4.69) is 19.7 Å². The molecular formula is C34H36ClF2N7O3. The number of halogens is 3. The number of ether oxygens (including phenoxy) is 2. The van der Waals surface area contributed by atoms with Gasteiger partial charge in [-0.25, -0.2) is 20.1 Å². The van der Waals surface area contributed by atoms with Gasteiger partial charge in [-0.05, 0) is 58.7 Å². The molecule has 2 fully saturated rings. The number of likely N-dealkylation sites (N-methyl/N-ethyl adjacent to an activating group) is 1. The van der Waals surface area contributed by atoms with Crippen molar-refractivity contribution in [3.8, 4) is 17.3 Å². The average molecular weight is 664 g/mol. The summed E-state index contributed by atoms with van der Waals surface area (Å²) in [6, 6.07) is 7.68. The van der Waals surface area contributed by atoms with E-state index in [1.54, 1.807) is 49.9 Å². The van der Waals surface area contributed by atoms with E-state index in [-0.39, 0.29) is 47.9 Å². The Morgan fingerprint density at radius 3 is 2.66 bits per heavy atom. The van der Waals surface area contributed by atoms with E-state index in [4.69, 9.17) is 32.6 Å². The van der Waals surface area contributed by atoms with Gasteiger partial charge in [0.05, 0.1) is 10.4 Å². The van der Waals surface area contributed by atoms with Crippen LogP contribution in [0.15, 0.2) is 36.5 Å². The molecule has 0 unspecified atom stereocenters. The molecule has 1 amide bonds. The molecule has 4 aromatic rings. The standard InChI is InChI=1S/C34H36ClF2N7O3/c1-34(2,3)47-33(45)44-15-14-43(18-22(44)16-38-4)31-24-17-39-29(23-10-6-8-20-11-12-25(36)27(35)26(20)23)28(37)30(24)40-32(41-31)46-19-21-9-7-13-42(21)5/h6,8,10-12,17,21-22H,7,9,13-16,18-19H2,1-3,5H3/t21-,22-/m0/s1. The van der Waals surface area contributed by atoms with Crippen LogP contribution in [0.25, 0.3) is 37.8 Å². The smallest absolute Gasteiger partial charge is 0.410 e. The van der Waals surface area contributed by atoms with Gasteiger partial charge in [0.2, 0.25) is 6.54 Å². The molecular weight excluding hydrogens is 628 g/mol. The zero-order valence-electron chi connectivity index (χ0n) is 26.8.